The highest BCUT2D eigenvalue weighted by molar-refractivity contribution is 5.71. The van der Waals surface area contributed by atoms with Crippen LogP contribution in [0.5, 0.6) is 5.75 Å². The molecule has 1 aromatic carbocycles. The van der Waals surface area contributed by atoms with Crippen molar-refractivity contribution in [1.29, 1.82) is 0 Å². The van der Waals surface area contributed by atoms with Gasteiger partial charge in [-0.2, -0.15) is 5.10 Å². The number of aromatic nitrogens is 2. The Kier molecular flexibility index (Phi) is 3.10. The van der Waals surface area contributed by atoms with Gasteiger partial charge in [-0.3, -0.25) is 4.68 Å². The van der Waals surface area contributed by atoms with Crippen molar-refractivity contribution in [3.05, 3.63) is 29.7 Å². The minimum absolute atomic E-state index is 0.178. The summed E-state index contributed by atoms with van der Waals surface area (Å²) in [7, 11) is 3.21. The predicted molar refractivity (Wildman–Crippen MR) is 68.6 cm³/mol. The average molecular weight is 250 g/mol. The lowest BCUT2D eigenvalue weighted by molar-refractivity contribution is 0.387. The van der Waals surface area contributed by atoms with Gasteiger partial charge in [0.25, 0.3) is 0 Å². The molecule has 0 fully saturated rings. The SMILES string of the molecule is COc1cc(Nc2c(N)c(C)nn2C)ccc1F. The fourth-order valence-corrected chi connectivity index (χ4v) is 1.70. The maximum absolute atomic E-state index is 13.3. The minimum Gasteiger partial charge on any atom is -0.494 e. The third-order valence-electron chi connectivity index (χ3n) is 2.68. The van der Waals surface area contributed by atoms with Crippen LogP contribution < -0.4 is 15.8 Å². The molecule has 0 saturated heterocycles. The second-order valence-electron chi connectivity index (χ2n) is 3.95. The summed E-state index contributed by atoms with van der Waals surface area (Å²) in [6.07, 6.45) is 0. The molecule has 0 amide bonds. The highest BCUT2D eigenvalue weighted by Crippen LogP contribution is 2.28. The Morgan fingerprint density at radius 3 is 2.72 bits per heavy atom. The summed E-state index contributed by atoms with van der Waals surface area (Å²) in [6.45, 7) is 1.83. The molecule has 0 bridgehead atoms. The van der Waals surface area contributed by atoms with Gasteiger partial charge in [-0.1, -0.05) is 0 Å². The van der Waals surface area contributed by atoms with E-state index in [9.17, 15) is 4.39 Å². The number of nitrogens with zero attached hydrogens (tertiary/aromatic N) is 2. The van der Waals surface area contributed by atoms with Crippen LogP contribution >= 0.6 is 0 Å². The van der Waals surface area contributed by atoms with Gasteiger partial charge < -0.3 is 15.8 Å². The zero-order valence-corrected chi connectivity index (χ0v) is 10.5. The molecule has 0 spiro atoms. The Hall–Kier alpha value is -2.24. The molecule has 18 heavy (non-hydrogen) atoms. The zero-order chi connectivity index (χ0) is 13.3. The van der Waals surface area contributed by atoms with Crippen LogP contribution in [0.15, 0.2) is 18.2 Å². The molecule has 0 radical (unpaired) electrons. The van der Waals surface area contributed by atoms with E-state index in [2.05, 4.69) is 10.4 Å². The molecule has 2 rings (SSSR count). The fourth-order valence-electron chi connectivity index (χ4n) is 1.70. The summed E-state index contributed by atoms with van der Waals surface area (Å²) in [5, 5.41) is 7.28. The third-order valence-corrected chi connectivity index (χ3v) is 2.68. The first-order valence-electron chi connectivity index (χ1n) is 5.42. The van der Waals surface area contributed by atoms with E-state index >= 15 is 0 Å². The van der Waals surface area contributed by atoms with Crippen LogP contribution in [0.4, 0.5) is 21.6 Å². The Balaban J connectivity index is 2.34. The number of hydrogen-bond acceptors (Lipinski definition) is 4. The van der Waals surface area contributed by atoms with Gasteiger partial charge in [0.1, 0.15) is 0 Å². The number of anilines is 3. The van der Waals surface area contributed by atoms with Crippen molar-refractivity contribution in [2.24, 2.45) is 7.05 Å². The highest BCUT2D eigenvalue weighted by atomic mass is 19.1. The largest absolute Gasteiger partial charge is 0.494 e. The quantitative estimate of drug-likeness (QED) is 0.876. The van der Waals surface area contributed by atoms with E-state index in [1.807, 2.05) is 6.92 Å². The summed E-state index contributed by atoms with van der Waals surface area (Å²) in [5.74, 6) is 0.441. The molecular weight excluding hydrogens is 235 g/mol. The molecule has 0 aliphatic carbocycles. The van der Waals surface area contributed by atoms with E-state index in [0.717, 1.165) is 5.69 Å². The van der Waals surface area contributed by atoms with E-state index in [1.165, 1.54) is 13.2 Å². The zero-order valence-electron chi connectivity index (χ0n) is 10.5. The van der Waals surface area contributed by atoms with Crippen molar-refractivity contribution in [3.63, 3.8) is 0 Å². The topological polar surface area (TPSA) is 65.1 Å². The molecule has 0 atom stereocenters. The van der Waals surface area contributed by atoms with Crippen LogP contribution in [0, 0.1) is 12.7 Å². The van der Waals surface area contributed by atoms with Crippen LogP contribution in [-0.4, -0.2) is 16.9 Å². The molecule has 0 aliphatic rings. The van der Waals surface area contributed by atoms with E-state index in [0.29, 0.717) is 17.2 Å². The Morgan fingerprint density at radius 2 is 2.17 bits per heavy atom. The number of methoxy groups -OCH3 is 1. The number of nitrogens with two attached hydrogens (primary N) is 1. The van der Waals surface area contributed by atoms with Gasteiger partial charge in [-0.25, -0.2) is 4.39 Å². The minimum atomic E-state index is -0.405. The molecule has 1 heterocycles. The molecule has 0 saturated carbocycles. The van der Waals surface area contributed by atoms with Crippen molar-refractivity contribution in [3.8, 4) is 5.75 Å². The van der Waals surface area contributed by atoms with Gasteiger partial charge >= 0.3 is 0 Å². The number of benzene rings is 1. The number of nitrogen functional groups attached to an aromatic ring is 1. The van der Waals surface area contributed by atoms with E-state index in [-0.39, 0.29) is 5.75 Å². The van der Waals surface area contributed by atoms with Gasteiger partial charge in [-0.05, 0) is 19.1 Å². The first-order valence-corrected chi connectivity index (χ1v) is 5.42. The van der Waals surface area contributed by atoms with Gasteiger partial charge in [0.2, 0.25) is 0 Å². The third kappa shape index (κ3) is 2.09. The molecule has 3 N–H and O–H groups in total. The van der Waals surface area contributed by atoms with Crippen LogP contribution in [-0.2, 0) is 7.05 Å². The summed E-state index contributed by atoms with van der Waals surface area (Å²) in [4.78, 5) is 0. The van der Waals surface area contributed by atoms with Crippen molar-refractivity contribution >= 4 is 17.2 Å². The van der Waals surface area contributed by atoms with Crippen LogP contribution in [0.1, 0.15) is 5.69 Å². The second-order valence-corrected chi connectivity index (χ2v) is 3.95. The van der Waals surface area contributed by atoms with Crippen molar-refractivity contribution in [1.82, 2.24) is 9.78 Å². The Bertz CT molecular complexity index is 580. The smallest absolute Gasteiger partial charge is 0.165 e. The molecule has 0 aliphatic heterocycles. The maximum atomic E-state index is 13.3. The summed E-state index contributed by atoms with van der Waals surface area (Å²) in [6, 6.07) is 4.51. The summed E-state index contributed by atoms with van der Waals surface area (Å²) in [5.41, 5.74) is 7.90. The molecule has 0 unspecified atom stereocenters. The van der Waals surface area contributed by atoms with E-state index < -0.39 is 5.82 Å². The number of rotatable bonds is 3. The first kappa shape index (κ1) is 12.2. The number of ether oxygens (including phenoxy) is 1. The second kappa shape index (κ2) is 4.56. The number of hydrogen-bond donors (Lipinski definition) is 2. The van der Waals surface area contributed by atoms with Crippen LogP contribution in [0.3, 0.4) is 0 Å². The van der Waals surface area contributed by atoms with Gasteiger partial charge in [0, 0.05) is 18.8 Å². The van der Waals surface area contributed by atoms with E-state index in [1.54, 1.807) is 23.9 Å². The summed E-state index contributed by atoms with van der Waals surface area (Å²) >= 11 is 0. The monoisotopic (exact) mass is 250 g/mol. The predicted octanol–water partition coefficient (Wildman–Crippen LogP) is 2.20. The number of aryl methyl sites for hydroxylation is 2. The molecule has 2 aromatic rings. The normalized spacial score (nSPS) is 10.4. The summed E-state index contributed by atoms with van der Waals surface area (Å²) < 4.78 is 19.8. The van der Waals surface area contributed by atoms with Crippen LogP contribution in [0.2, 0.25) is 0 Å². The standard InChI is InChI=1S/C12H15FN4O/c1-7-11(14)12(17(2)16-7)15-8-4-5-9(13)10(6-8)18-3/h4-6,15H,14H2,1-3H3. The number of halogens is 1. The lowest BCUT2D eigenvalue weighted by atomic mass is 10.3. The van der Waals surface area contributed by atoms with Crippen molar-refractivity contribution in [2.45, 2.75) is 6.92 Å². The van der Waals surface area contributed by atoms with Crippen LogP contribution in [0.25, 0.3) is 0 Å². The van der Waals surface area contributed by atoms with Gasteiger partial charge in [-0.15, -0.1) is 0 Å². The van der Waals surface area contributed by atoms with Gasteiger partial charge in [0.05, 0.1) is 18.5 Å². The van der Waals surface area contributed by atoms with Gasteiger partial charge in [0.15, 0.2) is 17.4 Å². The molecular formula is C12H15FN4O. The Labute approximate surface area is 104 Å². The maximum Gasteiger partial charge on any atom is 0.165 e. The highest BCUT2D eigenvalue weighted by Gasteiger charge is 2.11. The molecule has 6 heteroatoms. The molecule has 96 valence electrons. The van der Waals surface area contributed by atoms with Crippen molar-refractivity contribution in [2.75, 3.05) is 18.2 Å². The molecule has 1 aromatic heterocycles. The lowest BCUT2D eigenvalue weighted by Crippen LogP contribution is -2.01. The van der Waals surface area contributed by atoms with Crippen molar-refractivity contribution < 1.29 is 9.13 Å². The Morgan fingerprint density at radius 1 is 1.44 bits per heavy atom. The first-order chi connectivity index (χ1) is 8.52. The van der Waals surface area contributed by atoms with E-state index in [4.69, 9.17) is 10.5 Å². The lowest BCUT2D eigenvalue weighted by Gasteiger charge is -2.09. The number of nitrogens with one attached hydrogen (secondary N) is 1. The molecule has 5 nitrogen and oxygen atoms in total. The average Bonchev–Trinajstić information content (AvgIpc) is 2.58. The fraction of sp³-hybridized carbons (Fsp3) is 0.250.